The molecule has 5 nitrogen and oxygen atoms in total. The van der Waals surface area contributed by atoms with Gasteiger partial charge in [-0.05, 0) is 41.3 Å². The van der Waals surface area contributed by atoms with E-state index < -0.39 is 0 Å². The maximum absolute atomic E-state index is 12.2. The molecule has 3 heterocycles. The summed E-state index contributed by atoms with van der Waals surface area (Å²) >= 11 is 1.71. The number of pyridine rings is 1. The Balaban J connectivity index is 1.68. The lowest BCUT2D eigenvalue weighted by atomic mass is 10.2. The van der Waals surface area contributed by atoms with E-state index in [4.69, 9.17) is 5.73 Å². The largest absolute Gasteiger partial charge is 0.384 e. The van der Waals surface area contributed by atoms with Crippen molar-refractivity contribution in [3.8, 4) is 0 Å². The van der Waals surface area contributed by atoms with Crippen molar-refractivity contribution in [2.45, 2.75) is 6.54 Å². The van der Waals surface area contributed by atoms with E-state index in [1.54, 1.807) is 47.7 Å². The van der Waals surface area contributed by atoms with Crippen LogP contribution in [0.2, 0.25) is 0 Å². The molecule has 0 aliphatic carbocycles. The number of anilines is 1. The normalized spacial score (nSPS) is 11.4. The molecule has 0 unspecified atom stereocenters. The van der Waals surface area contributed by atoms with Crippen LogP contribution in [0.5, 0.6) is 0 Å². The minimum absolute atomic E-state index is 0.0496. The molecule has 3 aromatic heterocycles. The molecule has 118 valence electrons. The van der Waals surface area contributed by atoms with Crippen LogP contribution in [0.15, 0.2) is 41.9 Å². The molecule has 0 aliphatic heterocycles. The second-order valence-electron chi connectivity index (χ2n) is 5.41. The van der Waals surface area contributed by atoms with Crippen LogP contribution >= 0.6 is 11.3 Å². The molecule has 3 aromatic rings. The van der Waals surface area contributed by atoms with E-state index >= 15 is 0 Å². The lowest BCUT2D eigenvalue weighted by Gasteiger charge is -2.15. The van der Waals surface area contributed by atoms with Crippen LogP contribution in [-0.4, -0.2) is 27.4 Å². The summed E-state index contributed by atoms with van der Waals surface area (Å²) < 4.78 is 3.37. The summed E-state index contributed by atoms with van der Waals surface area (Å²) in [6.45, 7) is 0.570. The van der Waals surface area contributed by atoms with E-state index in [1.165, 1.54) is 10.2 Å². The zero-order valence-electron chi connectivity index (χ0n) is 13.1. The number of nitrogen functional groups attached to an aromatic ring is 1. The van der Waals surface area contributed by atoms with Crippen molar-refractivity contribution in [3.05, 3.63) is 53.2 Å². The molecule has 0 spiro atoms. The lowest BCUT2D eigenvalue weighted by molar-refractivity contribution is -0.125. The summed E-state index contributed by atoms with van der Waals surface area (Å²) in [6, 6.07) is 7.78. The van der Waals surface area contributed by atoms with Gasteiger partial charge in [0.1, 0.15) is 5.82 Å². The summed E-state index contributed by atoms with van der Waals surface area (Å²) in [7, 11) is 3.83. The Morgan fingerprint density at radius 3 is 2.96 bits per heavy atom. The zero-order valence-corrected chi connectivity index (χ0v) is 13.9. The minimum atomic E-state index is -0.0496. The van der Waals surface area contributed by atoms with Crippen molar-refractivity contribution in [2.24, 2.45) is 7.05 Å². The van der Waals surface area contributed by atoms with Crippen LogP contribution in [0.25, 0.3) is 16.3 Å². The third-order valence-electron chi connectivity index (χ3n) is 3.77. The van der Waals surface area contributed by atoms with E-state index in [9.17, 15) is 4.79 Å². The molecule has 0 atom stereocenters. The van der Waals surface area contributed by atoms with Gasteiger partial charge in [-0.15, -0.1) is 11.3 Å². The third-order valence-corrected chi connectivity index (χ3v) is 4.62. The van der Waals surface area contributed by atoms with Gasteiger partial charge < -0.3 is 15.2 Å². The number of nitrogens with two attached hydrogens (primary N) is 1. The molecule has 23 heavy (non-hydrogen) atoms. The number of carbonyl (C=O) groups is 1. The SMILES string of the molecule is CN(Cc1cc2sccc2n1C)C(=O)/C=C/c1ccc(N)nc1. The van der Waals surface area contributed by atoms with Crippen LogP contribution in [-0.2, 0) is 18.4 Å². The number of aryl methyl sites for hydroxylation is 1. The maximum atomic E-state index is 12.2. The van der Waals surface area contributed by atoms with Gasteiger partial charge in [0, 0.05) is 32.1 Å². The van der Waals surface area contributed by atoms with Crippen LogP contribution in [0.3, 0.4) is 0 Å². The first kappa shape index (κ1) is 15.3. The van der Waals surface area contributed by atoms with Crippen molar-refractivity contribution in [1.82, 2.24) is 14.5 Å². The van der Waals surface area contributed by atoms with Gasteiger partial charge >= 0.3 is 0 Å². The summed E-state index contributed by atoms with van der Waals surface area (Å²) in [5.74, 6) is 0.417. The van der Waals surface area contributed by atoms with Gasteiger partial charge in [0.05, 0.1) is 16.8 Å². The van der Waals surface area contributed by atoms with Gasteiger partial charge in [-0.1, -0.05) is 0 Å². The smallest absolute Gasteiger partial charge is 0.246 e. The monoisotopic (exact) mass is 326 g/mol. The number of aromatic nitrogens is 2. The molecule has 0 fully saturated rings. The van der Waals surface area contributed by atoms with Crippen LogP contribution in [0.1, 0.15) is 11.3 Å². The standard InChI is InChI=1S/C17H18N4OS/c1-20(11-13-9-15-14(21(13)2)7-8-23-15)17(22)6-4-12-3-5-16(18)19-10-12/h3-10H,11H2,1-2H3,(H2,18,19)/b6-4+. The first-order chi connectivity index (χ1) is 11.0. The van der Waals surface area contributed by atoms with Gasteiger partial charge in [-0.2, -0.15) is 0 Å². The van der Waals surface area contributed by atoms with Crippen LogP contribution < -0.4 is 5.73 Å². The fourth-order valence-corrected chi connectivity index (χ4v) is 3.26. The quantitative estimate of drug-likeness (QED) is 0.750. The van der Waals surface area contributed by atoms with Crippen LogP contribution in [0.4, 0.5) is 5.82 Å². The Morgan fingerprint density at radius 1 is 1.43 bits per heavy atom. The fraction of sp³-hybridized carbons (Fsp3) is 0.176. The molecule has 0 saturated carbocycles. The number of hydrogen-bond acceptors (Lipinski definition) is 4. The average Bonchev–Trinajstić information content (AvgIpc) is 3.10. The van der Waals surface area contributed by atoms with E-state index in [2.05, 4.69) is 27.1 Å². The zero-order chi connectivity index (χ0) is 16.4. The first-order valence-electron chi connectivity index (χ1n) is 7.21. The summed E-state index contributed by atoms with van der Waals surface area (Å²) in [4.78, 5) is 17.9. The van der Waals surface area contributed by atoms with Gasteiger partial charge in [-0.25, -0.2) is 4.98 Å². The molecule has 0 radical (unpaired) electrons. The number of amides is 1. The van der Waals surface area contributed by atoms with Crippen molar-refractivity contribution in [1.29, 1.82) is 0 Å². The Bertz CT molecular complexity index is 860. The molecule has 2 N–H and O–H groups in total. The molecule has 0 aliphatic rings. The van der Waals surface area contributed by atoms with E-state index in [0.717, 1.165) is 11.3 Å². The molecule has 0 bridgehead atoms. The van der Waals surface area contributed by atoms with Gasteiger partial charge in [0.25, 0.3) is 0 Å². The lowest BCUT2D eigenvalue weighted by Crippen LogP contribution is -2.25. The third kappa shape index (κ3) is 3.27. The number of rotatable bonds is 4. The average molecular weight is 326 g/mol. The number of carbonyl (C=O) groups excluding carboxylic acids is 1. The first-order valence-corrected chi connectivity index (χ1v) is 8.09. The highest BCUT2D eigenvalue weighted by atomic mass is 32.1. The molecule has 0 aromatic carbocycles. The summed E-state index contributed by atoms with van der Waals surface area (Å²) in [5.41, 5.74) is 8.71. The molecule has 0 saturated heterocycles. The number of likely N-dealkylation sites (N-methyl/N-ethyl adjacent to an activating group) is 1. The number of thiophene rings is 1. The van der Waals surface area contributed by atoms with Crippen LogP contribution in [0, 0.1) is 0 Å². The van der Waals surface area contributed by atoms with E-state index in [-0.39, 0.29) is 5.91 Å². The highest BCUT2D eigenvalue weighted by Crippen LogP contribution is 2.24. The molecular weight excluding hydrogens is 308 g/mol. The maximum Gasteiger partial charge on any atom is 0.246 e. The van der Waals surface area contributed by atoms with Crippen molar-refractivity contribution >= 4 is 39.4 Å². The van der Waals surface area contributed by atoms with Crippen molar-refractivity contribution < 1.29 is 4.79 Å². The summed E-state index contributed by atoms with van der Waals surface area (Å²) in [5, 5.41) is 2.08. The molecule has 3 rings (SSSR count). The topological polar surface area (TPSA) is 64.2 Å². The Morgan fingerprint density at radius 2 is 2.26 bits per heavy atom. The predicted octanol–water partition coefficient (Wildman–Crippen LogP) is 2.89. The fourth-order valence-electron chi connectivity index (χ4n) is 2.38. The highest BCUT2D eigenvalue weighted by Gasteiger charge is 2.11. The number of fused-ring (bicyclic) bond motifs is 1. The van der Waals surface area contributed by atoms with Gasteiger partial charge in [-0.3, -0.25) is 4.79 Å². The van der Waals surface area contributed by atoms with Crippen molar-refractivity contribution in [3.63, 3.8) is 0 Å². The molecular formula is C17H18N4OS. The predicted molar refractivity (Wildman–Crippen MR) is 95.0 cm³/mol. The van der Waals surface area contributed by atoms with Gasteiger partial charge in [0.2, 0.25) is 5.91 Å². The molecule has 1 amide bonds. The Kier molecular flexibility index (Phi) is 4.16. The second kappa shape index (κ2) is 6.26. The second-order valence-corrected chi connectivity index (χ2v) is 6.36. The Labute approximate surface area is 138 Å². The van der Waals surface area contributed by atoms with E-state index in [0.29, 0.717) is 12.4 Å². The summed E-state index contributed by atoms with van der Waals surface area (Å²) in [6.07, 6.45) is 4.94. The minimum Gasteiger partial charge on any atom is -0.384 e. The van der Waals surface area contributed by atoms with Gasteiger partial charge in [0.15, 0.2) is 0 Å². The number of nitrogens with zero attached hydrogens (tertiary/aromatic N) is 3. The number of hydrogen-bond donors (Lipinski definition) is 1. The highest BCUT2D eigenvalue weighted by molar-refractivity contribution is 7.17. The molecule has 6 heteroatoms. The van der Waals surface area contributed by atoms with Crippen molar-refractivity contribution in [2.75, 3.05) is 12.8 Å². The van der Waals surface area contributed by atoms with E-state index in [1.807, 2.05) is 13.1 Å². The Hall–Kier alpha value is -2.60.